The van der Waals surface area contributed by atoms with Gasteiger partial charge in [-0.05, 0) is 31.5 Å². The van der Waals surface area contributed by atoms with Gasteiger partial charge in [-0.3, -0.25) is 4.79 Å². The van der Waals surface area contributed by atoms with Gasteiger partial charge in [-0.2, -0.15) is 0 Å². The first-order chi connectivity index (χ1) is 8.47. The van der Waals surface area contributed by atoms with E-state index in [1.54, 1.807) is 25.3 Å². The average Bonchev–Trinajstić information content (AvgIpc) is 2.35. The largest absolute Gasteiger partial charge is 0.497 e. The molecular formula is C13H19NO4. The van der Waals surface area contributed by atoms with Crippen molar-refractivity contribution in [1.29, 1.82) is 0 Å². The number of esters is 1. The number of hydrogen-bond acceptors (Lipinski definition) is 5. The van der Waals surface area contributed by atoms with Crippen LogP contribution < -0.4 is 15.2 Å². The average molecular weight is 253 g/mol. The second kappa shape index (κ2) is 6.26. The summed E-state index contributed by atoms with van der Waals surface area (Å²) in [5, 5.41) is 0. The zero-order valence-electron chi connectivity index (χ0n) is 11.1. The van der Waals surface area contributed by atoms with E-state index in [-0.39, 0.29) is 6.10 Å². The molecule has 0 saturated heterocycles. The fraction of sp³-hybridized carbons (Fsp3) is 0.462. The van der Waals surface area contributed by atoms with Crippen LogP contribution in [0.25, 0.3) is 0 Å². The lowest BCUT2D eigenvalue weighted by molar-refractivity contribution is -0.142. The highest BCUT2D eigenvalue weighted by Gasteiger charge is 2.18. The molecule has 0 heterocycles. The fourth-order valence-corrected chi connectivity index (χ4v) is 1.49. The lowest BCUT2D eigenvalue weighted by atomic mass is 10.1. The molecule has 0 bridgehead atoms. The zero-order chi connectivity index (χ0) is 13.7. The van der Waals surface area contributed by atoms with Crippen molar-refractivity contribution in [3.05, 3.63) is 23.8 Å². The molecule has 0 aliphatic rings. The van der Waals surface area contributed by atoms with Crippen LogP contribution in [0.5, 0.6) is 11.5 Å². The lowest BCUT2D eigenvalue weighted by Crippen LogP contribution is -2.22. The van der Waals surface area contributed by atoms with Crippen LogP contribution in [0.4, 0.5) is 0 Å². The molecule has 0 spiro atoms. The van der Waals surface area contributed by atoms with Crippen LogP contribution in [0, 0.1) is 0 Å². The van der Waals surface area contributed by atoms with Crippen molar-refractivity contribution < 1.29 is 19.0 Å². The monoisotopic (exact) mass is 253 g/mol. The number of rotatable bonds is 5. The number of ether oxygens (including phenoxy) is 3. The smallest absolute Gasteiger partial charge is 0.327 e. The Balaban J connectivity index is 3.07. The first kappa shape index (κ1) is 14.3. The molecule has 5 heteroatoms. The molecule has 1 atom stereocenters. The minimum absolute atomic E-state index is 0.0271. The standard InChI is InChI=1S/C13H19NO4/c1-8(2)18-11-6-9(5-10(7-11)16-3)12(14)13(15)17-4/h5-8,12H,14H2,1-4H3/t12-/m0/s1. The van der Waals surface area contributed by atoms with Crippen LogP contribution in [0.3, 0.4) is 0 Å². The van der Waals surface area contributed by atoms with Gasteiger partial charge < -0.3 is 19.9 Å². The molecular weight excluding hydrogens is 234 g/mol. The molecule has 0 saturated carbocycles. The number of methoxy groups -OCH3 is 2. The highest BCUT2D eigenvalue weighted by Crippen LogP contribution is 2.26. The predicted molar refractivity (Wildman–Crippen MR) is 67.7 cm³/mol. The van der Waals surface area contributed by atoms with Gasteiger partial charge in [0.25, 0.3) is 0 Å². The van der Waals surface area contributed by atoms with Gasteiger partial charge in [0.2, 0.25) is 0 Å². The third kappa shape index (κ3) is 3.63. The molecule has 0 unspecified atom stereocenters. The van der Waals surface area contributed by atoms with E-state index in [2.05, 4.69) is 4.74 Å². The molecule has 0 aromatic heterocycles. The van der Waals surface area contributed by atoms with Crippen molar-refractivity contribution in [2.45, 2.75) is 26.0 Å². The van der Waals surface area contributed by atoms with Crippen molar-refractivity contribution in [2.24, 2.45) is 5.73 Å². The van der Waals surface area contributed by atoms with E-state index in [1.807, 2.05) is 13.8 Å². The van der Waals surface area contributed by atoms with Crippen LogP contribution in [-0.4, -0.2) is 26.3 Å². The molecule has 0 amide bonds. The summed E-state index contributed by atoms with van der Waals surface area (Å²) in [4.78, 5) is 11.4. The summed E-state index contributed by atoms with van der Waals surface area (Å²) < 4.78 is 15.3. The molecule has 0 aliphatic heterocycles. The Bertz CT molecular complexity index is 417. The highest BCUT2D eigenvalue weighted by atomic mass is 16.5. The SMILES string of the molecule is COC(=O)[C@@H](N)c1cc(OC)cc(OC(C)C)c1. The molecule has 0 radical (unpaired) electrons. The van der Waals surface area contributed by atoms with Crippen LogP contribution in [0.1, 0.15) is 25.5 Å². The summed E-state index contributed by atoms with van der Waals surface area (Å²) in [6.07, 6.45) is 0.0271. The second-order valence-corrected chi connectivity index (χ2v) is 4.11. The number of hydrogen-bond donors (Lipinski definition) is 1. The zero-order valence-corrected chi connectivity index (χ0v) is 11.1. The van der Waals surface area contributed by atoms with Crippen LogP contribution >= 0.6 is 0 Å². The predicted octanol–water partition coefficient (Wildman–Crippen LogP) is 1.66. The van der Waals surface area contributed by atoms with Gasteiger partial charge in [-0.1, -0.05) is 0 Å². The molecule has 1 rings (SSSR count). The first-order valence-electron chi connectivity index (χ1n) is 5.67. The van der Waals surface area contributed by atoms with E-state index in [0.29, 0.717) is 17.1 Å². The summed E-state index contributed by atoms with van der Waals surface area (Å²) in [5.41, 5.74) is 6.38. The Labute approximate surface area is 107 Å². The van der Waals surface area contributed by atoms with Gasteiger partial charge in [0.05, 0.1) is 20.3 Å². The summed E-state index contributed by atoms with van der Waals surface area (Å²) in [7, 11) is 2.84. The van der Waals surface area contributed by atoms with Crippen molar-refractivity contribution >= 4 is 5.97 Å². The van der Waals surface area contributed by atoms with Crippen LogP contribution in [0.15, 0.2) is 18.2 Å². The van der Waals surface area contributed by atoms with Crippen molar-refractivity contribution in [3.8, 4) is 11.5 Å². The van der Waals surface area contributed by atoms with Crippen molar-refractivity contribution in [1.82, 2.24) is 0 Å². The Morgan fingerprint density at radius 3 is 2.28 bits per heavy atom. The molecule has 1 aromatic carbocycles. The Morgan fingerprint density at radius 1 is 1.17 bits per heavy atom. The molecule has 18 heavy (non-hydrogen) atoms. The quantitative estimate of drug-likeness (QED) is 0.808. The van der Waals surface area contributed by atoms with E-state index in [0.717, 1.165) is 0 Å². The van der Waals surface area contributed by atoms with Crippen LogP contribution in [0.2, 0.25) is 0 Å². The summed E-state index contributed by atoms with van der Waals surface area (Å²) in [6, 6.07) is 4.30. The van der Waals surface area contributed by atoms with Gasteiger partial charge in [0.1, 0.15) is 17.5 Å². The number of benzene rings is 1. The van der Waals surface area contributed by atoms with Crippen molar-refractivity contribution in [3.63, 3.8) is 0 Å². The van der Waals surface area contributed by atoms with E-state index < -0.39 is 12.0 Å². The summed E-state index contributed by atoms with van der Waals surface area (Å²) in [6.45, 7) is 3.83. The molecule has 0 aliphatic carbocycles. The normalized spacial score (nSPS) is 12.1. The third-order valence-electron chi connectivity index (χ3n) is 2.32. The van der Waals surface area contributed by atoms with Gasteiger partial charge >= 0.3 is 5.97 Å². The minimum atomic E-state index is -0.848. The van der Waals surface area contributed by atoms with Crippen molar-refractivity contribution in [2.75, 3.05) is 14.2 Å². The van der Waals surface area contributed by atoms with Gasteiger partial charge in [0.15, 0.2) is 0 Å². The number of nitrogens with two attached hydrogens (primary N) is 1. The van der Waals surface area contributed by atoms with E-state index >= 15 is 0 Å². The fourth-order valence-electron chi connectivity index (χ4n) is 1.49. The second-order valence-electron chi connectivity index (χ2n) is 4.11. The van der Waals surface area contributed by atoms with Gasteiger partial charge in [-0.15, -0.1) is 0 Å². The van der Waals surface area contributed by atoms with Crippen LogP contribution in [-0.2, 0) is 9.53 Å². The topological polar surface area (TPSA) is 70.8 Å². The first-order valence-corrected chi connectivity index (χ1v) is 5.67. The number of carbonyl (C=O) groups excluding carboxylic acids is 1. The Hall–Kier alpha value is -1.75. The maximum atomic E-state index is 11.4. The number of carbonyl (C=O) groups is 1. The lowest BCUT2D eigenvalue weighted by Gasteiger charge is -2.15. The maximum Gasteiger partial charge on any atom is 0.327 e. The van der Waals surface area contributed by atoms with E-state index in [1.165, 1.54) is 7.11 Å². The maximum absolute atomic E-state index is 11.4. The summed E-state index contributed by atoms with van der Waals surface area (Å²) in [5.74, 6) is 0.694. The Morgan fingerprint density at radius 2 is 1.78 bits per heavy atom. The van der Waals surface area contributed by atoms with Gasteiger partial charge in [0, 0.05) is 6.07 Å². The molecule has 100 valence electrons. The minimum Gasteiger partial charge on any atom is -0.497 e. The summed E-state index contributed by atoms with van der Waals surface area (Å²) >= 11 is 0. The molecule has 0 fully saturated rings. The van der Waals surface area contributed by atoms with E-state index in [9.17, 15) is 4.79 Å². The third-order valence-corrected chi connectivity index (χ3v) is 2.32. The molecule has 2 N–H and O–H groups in total. The molecule has 1 aromatic rings. The highest BCUT2D eigenvalue weighted by molar-refractivity contribution is 5.77. The Kier molecular flexibility index (Phi) is 4.97. The molecule has 5 nitrogen and oxygen atoms in total. The van der Waals surface area contributed by atoms with Gasteiger partial charge in [-0.25, -0.2) is 0 Å². The van der Waals surface area contributed by atoms with E-state index in [4.69, 9.17) is 15.2 Å².